The average Bonchev–Trinajstić information content (AvgIpc) is 2.36. The lowest BCUT2D eigenvalue weighted by Crippen LogP contribution is -2.30. The van der Waals surface area contributed by atoms with Crippen LogP contribution in [0.15, 0.2) is 18.2 Å². The zero-order valence-electron chi connectivity index (χ0n) is 10.7. The number of rotatable bonds is 6. The summed E-state index contributed by atoms with van der Waals surface area (Å²) >= 11 is 0. The predicted molar refractivity (Wildman–Crippen MR) is 67.1 cm³/mol. The van der Waals surface area contributed by atoms with E-state index in [-0.39, 0.29) is 17.6 Å². The molecule has 4 heteroatoms. The highest BCUT2D eigenvalue weighted by atomic mass is 19.1. The first kappa shape index (κ1) is 13.9. The van der Waals surface area contributed by atoms with Gasteiger partial charge in [0.2, 0.25) is 0 Å². The minimum absolute atomic E-state index is 0.181. The summed E-state index contributed by atoms with van der Waals surface area (Å²) in [4.78, 5) is 0. The molecule has 3 N–H and O–H groups in total. The van der Waals surface area contributed by atoms with Crippen molar-refractivity contribution in [3.05, 3.63) is 29.6 Å². The molecule has 2 unspecified atom stereocenters. The molecular weight excluding hydrogens is 219 g/mol. The van der Waals surface area contributed by atoms with Crippen LogP contribution in [0.1, 0.15) is 38.3 Å². The molecule has 1 rings (SSSR count). The number of methoxy groups -OCH3 is 1. The largest absolute Gasteiger partial charge is 0.494 e. The van der Waals surface area contributed by atoms with Crippen LogP contribution in [0.2, 0.25) is 0 Å². The van der Waals surface area contributed by atoms with Gasteiger partial charge >= 0.3 is 0 Å². The first-order chi connectivity index (χ1) is 8.13. The summed E-state index contributed by atoms with van der Waals surface area (Å²) < 4.78 is 19.0. The minimum Gasteiger partial charge on any atom is -0.494 e. The van der Waals surface area contributed by atoms with Crippen LogP contribution in [-0.2, 0) is 0 Å². The highest BCUT2D eigenvalue weighted by molar-refractivity contribution is 5.33. The third-order valence-electron chi connectivity index (χ3n) is 3.12. The molecule has 3 nitrogen and oxygen atoms in total. The zero-order chi connectivity index (χ0) is 12.8. The Bertz CT molecular complexity index is 357. The minimum atomic E-state index is -0.332. The van der Waals surface area contributed by atoms with Crippen molar-refractivity contribution in [1.82, 2.24) is 5.43 Å². The molecule has 0 bridgehead atoms. The van der Waals surface area contributed by atoms with Gasteiger partial charge in [0.15, 0.2) is 11.6 Å². The lowest BCUT2D eigenvalue weighted by molar-refractivity contribution is 0.366. The normalized spacial score (nSPS) is 14.4. The van der Waals surface area contributed by atoms with Crippen molar-refractivity contribution in [1.29, 1.82) is 0 Å². The molecule has 1 aromatic carbocycles. The van der Waals surface area contributed by atoms with Gasteiger partial charge in [-0.3, -0.25) is 11.3 Å². The van der Waals surface area contributed by atoms with Gasteiger partial charge in [-0.15, -0.1) is 0 Å². The van der Waals surface area contributed by atoms with Crippen LogP contribution < -0.4 is 16.0 Å². The van der Waals surface area contributed by atoms with Crippen molar-refractivity contribution in [2.24, 2.45) is 11.8 Å². The van der Waals surface area contributed by atoms with E-state index in [4.69, 9.17) is 10.6 Å². The summed E-state index contributed by atoms with van der Waals surface area (Å²) in [6.07, 6.45) is 1.85. The second kappa shape index (κ2) is 6.57. The Kier molecular flexibility index (Phi) is 5.38. The van der Waals surface area contributed by atoms with E-state index >= 15 is 0 Å². The molecule has 0 aliphatic rings. The fourth-order valence-electron chi connectivity index (χ4n) is 1.81. The molecule has 96 valence electrons. The molecule has 0 aromatic heterocycles. The second-order valence-corrected chi connectivity index (χ2v) is 4.33. The van der Waals surface area contributed by atoms with Crippen molar-refractivity contribution in [3.63, 3.8) is 0 Å². The Morgan fingerprint density at radius 3 is 2.71 bits per heavy atom. The van der Waals surface area contributed by atoms with Crippen LogP contribution in [0.4, 0.5) is 4.39 Å². The summed E-state index contributed by atoms with van der Waals surface area (Å²) in [5.41, 5.74) is 3.24. The molecule has 1 aromatic rings. The van der Waals surface area contributed by atoms with Crippen molar-refractivity contribution >= 4 is 0 Å². The van der Waals surface area contributed by atoms with E-state index < -0.39 is 0 Å². The molecule has 0 saturated heterocycles. The molecule has 0 heterocycles. The van der Waals surface area contributed by atoms with Gasteiger partial charge in [0, 0.05) is 11.6 Å². The molecule has 0 amide bonds. The first-order valence-corrected chi connectivity index (χ1v) is 5.92. The summed E-state index contributed by atoms with van der Waals surface area (Å²) in [6, 6.07) is 4.94. The molecule has 0 saturated carbocycles. The predicted octanol–water partition coefficient (Wildman–Crippen LogP) is 2.77. The van der Waals surface area contributed by atoms with Gasteiger partial charge < -0.3 is 4.74 Å². The van der Waals surface area contributed by atoms with Crippen LogP contribution in [0.3, 0.4) is 0 Å². The SMILES string of the molecule is CCC(C)CC(NN)c1cccc(OC)c1F. The summed E-state index contributed by atoms with van der Waals surface area (Å²) in [6.45, 7) is 4.24. The Morgan fingerprint density at radius 2 is 2.18 bits per heavy atom. The van der Waals surface area contributed by atoms with Gasteiger partial charge in [0.05, 0.1) is 7.11 Å². The molecule has 2 atom stereocenters. The molecule has 0 aliphatic heterocycles. The number of nitrogens with one attached hydrogen (secondary N) is 1. The first-order valence-electron chi connectivity index (χ1n) is 5.92. The summed E-state index contributed by atoms with van der Waals surface area (Å²) in [5.74, 6) is 5.92. The maximum absolute atomic E-state index is 14.0. The lowest BCUT2D eigenvalue weighted by atomic mass is 9.94. The maximum Gasteiger partial charge on any atom is 0.169 e. The average molecular weight is 240 g/mol. The fourth-order valence-corrected chi connectivity index (χ4v) is 1.81. The monoisotopic (exact) mass is 240 g/mol. The smallest absolute Gasteiger partial charge is 0.169 e. The van der Waals surface area contributed by atoms with E-state index in [1.165, 1.54) is 7.11 Å². The third-order valence-corrected chi connectivity index (χ3v) is 3.12. The van der Waals surface area contributed by atoms with E-state index in [2.05, 4.69) is 19.3 Å². The van der Waals surface area contributed by atoms with Crippen molar-refractivity contribution in [2.45, 2.75) is 32.7 Å². The van der Waals surface area contributed by atoms with Crippen molar-refractivity contribution < 1.29 is 9.13 Å². The quantitative estimate of drug-likeness (QED) is 0.593. The number of hydrazine groups is 1. The van der Waals surface area contributed by atoms with Gasteiger partial charge in [-0.2, -0.15) is 0 Å². The Morgan fingerprint density at radius 1 is 1.47 bits per heavy atom. The number of nitrogens with two attached hydrogens (primary N) is 1. The van der Waals surface area contributed by atoms with Gasteiger partial charge in [0.1, 0.15) is 0 Å². The zero-order valence-corrected chi connectivity index (χ0v) is 10.7. The Labute approximate surface area is 102 Å². The van der Waals surface area contributed by atoms with Crippen LogP contribution in [0, 0.1) is 11.7 Å². The molecule has 17 heavy (non-hydrogen) atoms. The Balaban J connectivity index is 2.95. The van der Waals surface area contributed by atoms with E-state index in [1.54, 1.807) is 18.2 Å². The highest BCUT2D eigenvalue weighted by Crippen LogP contribution is 2.28. The third kappa shape index (κ3) is 3.41. The van der Waals surface area contributed by atoms with Crippen LogP contribution in [-0.4, -0.2) is 7.11 Å². The lowest BCUT2D eigenvalue weighted by Gasteiger charge is -2.21. The van der Waals surface area contributed by atoms with E-state index in [1.807, 2.05) is 0 Å². The van der Waals surface area contributed by atoms with Crippen LogP contribution in [0.5, 0.6) is 5.75 Å². The topological polar surface area (TPSA) is 47.3 Å². The number of hydrogen-bond acceptors (Lipinski definition) is 3. The van der Waals surface area contributed by atoms with E-state index in [0.29, 0.717) is 11.5 Å². The fraction of sp³-hybridized carbons (Fsp3) is 0.538. The molecule has 0 spiro atoms. The molecular formula is C13H21FN2O. The number of halogens is 1. The highest BCUT2D eigenvalue weighted by Gasteiger charge is 2.19. The number of benzene rings is 1. The van der Waals surface area contributed by atoms with Gasteiger partial charge in [-0.25, -0.2) is 4.39 Å². The maximum atomic E-state index is 14.0. The summed E-state index contributed by atoms with van der Waals surface area (Å²) in [7, 11) is 1.46. The van der Waals surface area contributed by atoms with Crippen molar-refractivity contribution in [3.8, 4) is 5.75 Å². The van der Waals surface area contributed by atoms with Crippen LogP contribution >= 0.6 is 0 Å². The van der Waals surface area contributed by atoms with Gasteiger partial charge in [0.25, 0.3) is 0 Å². The van der Waals surface area contributed by atoms with Gasteiger partial charge in [-0.1, -0.05) is 32.4 Å². The second-order valence-electron chi connectivity index (χ2n) is 4.33. The number of ether oxygens (including phenoxy) is 1. The molecule has 0 aliphatic carbocycles. The van der Waals surface area contributed by atoms with Crippen molar-refractivity contribution in [2.75, 3.05) is 7.11 Å². The number of hydrogen-bond donors (Lipinski definition) is 2. The Hall–Kier alpha value is -1.13. The van der Waals surface area contributed by atoms with E-state index in [0.717, 1.165) is 12.8 Å². The summed E-state index contributed by atoms with van der Waals surface area (Å²) in [5, 5.41) is 0. The van der Waals surface area contributed by atoms with Gasteiger partial charge in [-0.05, 0) is 18.4 Å². The molecule has 0 fully saturated rings. The van der Waals surface area contributed by atoms with Crippen LogP contribution in [0.25, 0.3) is 0 Å². The standard InChI is InChI=1S/C13H21FN2O/c1-4-9(2)8-11(16-15)10-6-5-7-12(17-3)13(10)14/h5-7,9,11,16H,4,8,15H2,1-3H3. The van der Waals surface area contributed by atoms with E-state index in [9.17, 15) is 4.39 Å². The molecule has 0 radical (unpaired) electrons.